The fourth-order valence-electron chi connectivity index (χ4n) is 2.44. The van der Waals surface area contributed by atoms with E-state index in [0.29, 0.717) is 19.4 Å². The van der Waals surface area contributed by atoms with Crippen LogP contribution in [-0.2, 0) is 14.4 Å². The number of hydrogen-bond donors (Lipinski definition) is 0. The molecule has 110 valence electrons. The summed E-state index contributed by atoms with van der Waals surface area (Å²) in [5.41, 5.74) is 0.0317. The summed E-state index contributed by atoms with van der Waals surface area (Å²) >= 11 is 0. The highest BCUT2D eigenvalue weighted by Crippen LogP contribution is 2.31. The number of unbranched alkanes of at least 4 members (excludes halogenated alkanes) is 5. The van der Waals surface area contributed by atoms with Gasteiger partial charge < -0.3 is 9.57 Å². The Balaban J connectivity index is 2.37. The van der Waals surface area contributed by atoms with Crippen molar-refractivity contribution in [3.05, 3.63) is 0 Å². The van der Waals surface area contributed by atoms with Gasteiger partial charge in [-0.3, -0.25) is 0 Å². The van der Waals surface area contributed by atoms with E-state index >= 15 is 0 Å². The molecule has 4 nitrogen and oxygen atoms in total. The van der Waals surface area contributed by atoms with Crippen LogP contribution in [0.4, 0.5) is 0 Å². The third-order valence-electron chi connectivity index (χ3n) is 3.50. The highest BCUT2D eigenvalue weighted by Gasteiger charge is 2.46. The Bertz CT molecular complexity index is 315. The van der Waals surface area contributed by atoms with Gasteiger partial charge in [-0.25, -0.2) is 4.79 Å². The second kappa shape index (κ2) is 8.18. The van der Waals surface area contributed by atoms with Gasteiger partial charge >= 0.3 is 5.97 Å². The molecule has 1 rings (SSSR count). The minimum atomic E-state index is -0.842. The fraction of sp³-hybridized carbons (Fsp3) is 0.867. The first-order chi connectivity index (χ1) is 9.14. The van der Waals surface area contributed by atoms with E-state index in [1.165, 1.54) is 25.7 Å². The van der Waals surface area contributed by atoms with Gasteiger partial charge in [-0.1, -0.05) is 44.2 Å². The molecule has 0 amide bonds. The lowest BCUT2D eigenvalue weighted by molar-refractivity contribution is -0.170. The summed E-state index contributed by atoms with van der Waals surface area (Å²) in [5.74, 6) is -0.260. The maximum atomic E-state index is 12.1. The highest BCUT2D eigenvalue weighted by atomic mass is 16.7. The van der Waals surface area contributed by atoms with Gasteiger partial charge in [-0.2, -0.15) is 0 Å². The molecular formula is C15H27NO3. The number of hydrogen-bond acceptors (Lipinski definition) is 4. The molecule has 0 radical (unpaired) electrons. The van der Waals surface area contributed by atoms with Gasteiger partial charge in [0.25, 0.3) is 0 Å². The van der Waals surface area contributed by atoms with Crippen molar-refractivity contribution < 1.29 is 14.4 Å². The summed E-state index contributed by atoms with van der Waals surface area (Å²) in [4.78, 5) is 17.5. The van der Waals surface area contributed by atoms with Crippen molar-refractivity contribution in [1.82, 2.24) is 0 Å². The summed E-state index contributed by atoms with van der Waals surface area (Å²) in [7, 11) is 0. The van der Waals surface area contributed by atoms with E-state index in [2.05, 4.69) is 12.1 Å². The molecule has 0 aliphatic carbocycles. The van der Waals surface area contributed by atoms with Crippen molar-refractivity contribution in [1.29, 1.82) is 0 Å². The third-order valence-corrected chi connectivity index (χ3v) is 3.50. The first-order valence-electron chi connectivity index (χ1n) is 7.53. The molecule has 4 heteroatoms. The molecule has 0 aromatic rings. The van der Waals surface area contributed by atoms with Crippen LogP contribution < -0.4 is 0 Å². The van der Waals surface area contributed by atoms with E-state index in [4.69, 9.17) is 9.57 Å². The third kappa shape index (κ3) is 4.84. The molecule has 1 aliphatic heterocycles. The summed E-state index contributed by atoms with van der Waals surface area (Å²) in [6.07, 6.45) is 8.46. The van der Waals surface area contributed by atoms with E-state index in [0.717, 1.165) is 18.6 Å². The Morgan fingerprint density at radius 3 is 2.53 bits per heavy atom. The average Bonchev–Trinajstić information content (AvgIpc) is 2.77. The number of esters is 1. The van der Waals surface area contributed by atoms with Gasteiger partial charge in [-0.15, -0.1) is 0 Å². The van der Waals surface area contributed by atoms with Crippen LogP contribution in [0, 0.1) is 0 Å². The minimum absolute atomic E-state index is 0.260. The quantitative estimate of drug-likeness (QED) is 0.472. The molecule has 1 aliphatic rings. The van der Waals surface area contributed by atoms with Crippen molar-refractivity contribution in [3.63, 3.8) is 0 Å². The Labute approximate surface area is 116 Å². The van der Waals surface area contributed by atoms with Gasteiger partial charge in [0, 0.05) is 12.8 Å². The molecule has 0 fully saturated rings. The molecule has 1 atom stereocenters. The van der Waals surface area contributed by atoms with Crippen molar-refractivity contribution in [2.24, 2.45) is 5.16 Å². The zero-order chi connectivity index (χ0) is 14.1. The van der Waals surface area contributed by atoms with E-state index in [1.54, 1.807) is 0 Å². The number of oxime groups is 1. The predicted octanol–water partition coefficient (Wildman–Crippen LogP) is 3.84. The first-order valence-corrected chi connectivity index (χ1v) is 7.53. The number of nitrogens with zero attached hydrogens (tertiary/aromatic N) is 1. The summed E-state index contributed by atoms with van der Waals surface area (Å²) in [6.45, 7) is 6.31. The van der Waals surface area contributed by atoms with Gasteiger partial charge in [0.05, 0.1) is 12.3 Å². The second-order valence-corrected chi connectivity index (χ2v) is 5.33. The molecule has 0 aromatic heterocycles. The molecule has 0 spiro atoms. The highest BCUT2D eigenvalue weighted by molar-refractivity contribution is 5.92. The van der Waals surface area contributed by atoms with Crippen molar-refractivity contribution in [2.75, 3.05) is 6.61 Å². The van der Waals surface area contributed by atoms with Crippen LogP contribution in [0.2, 0.25) is 0 Å². The van der Waals surface area contributed by atoms with Crippen LogP contribution in [0.5, 0.6) is 0 Å². The predicted molar refractivity (Wildman–Crippen MR) is 76.2 cm³/mol. The monoisotopic (exact) mass is 269 g/mol. The lowest BCUT2D eigenvalue weighted by Crippen LogP contribution is -2.40. The van der Waals surface area contributed by atoms with Crippen LogP contribution in [0.3, 0.4) is 0 Å². The molecule has 0 saturated heterocycles. The number of rotatable bonds is 9. The van der Waals surface area contributed by atoms with E-state index in [-0.39, 0.29) is 5.97 Å². The number of ether oxygens (including phenoxy) is 1. The maximum absolute atomic E-state index is 12.1. The van der Waals surface area contributed by atoms with Gasteiger partial charge in [0.2, 0.25) is 5.60 Å². The maximum Gasteiger partial charge on any atom is 0.353 e. The van der Waals surface area contributed by atoms with Crippen LogP contribution in [0.25, 0.3) is 0 Å². The molecule has 1 heterocycles. The van der Waals surface area contributed by atoms with Crippen LogP contribution >= 0.6 is 0 Å². The number of carbonyl (C=O) groups excluding carboxylic acids is 1. The SMILES string of the molecule is CCCCCCCCC1(C(=O)OCC)CC(C)=NO1. The largest absolute Gasteiger partial charge is 0.463 e. The molecule has 1 unspecified atom stereocenters. The Kier molecular flexibility index (Phi) is 6.89. The molecule has 0 saturated carbocycles. The zero-order valence-corrected chi connectivity index (χ0v) is 12.5. The lowest BCUT2D eigenvalue weighted by atomic mass is 9.91. The van der Waals surface area contributed by atoms with Crippen LogP contribution in [0.1, 0.15) is 72.1 Å². The van der Waals surface area contributed by atoms with E-state index in [9.17, 15) is 4.79 Å². The zero-order valence-electron chi connectivity index (χ0n) is 12.5. The molecule has 0 aromatic carbocycles. The van der Waals surface area contributed by atoms with Gasteiger partial charge in [0.15, 0.2) is 0 Å². The molecular weight excluding hydrogens is 242 g/mol. The molecule has 0 bridgehead atoms. The van der Waals surface area contributed by atoms with Crippen molar-refractivity contribution >= 4 is 11.7 Å². The summed E-state index contributed by atoms with van der Waals surface area (Å²) in [5, 5.41) is 3.94. The topological polar surface area (TPSA) is 47.9 Å². The Morgan fingerprint density at radius 2 is 1.95 bits per heavy atom. The second-order valence-electron chi connectivity index (χ2n) is 5.33. The fourth-order valence-corrected chi connectivity index (χ4v) is 2.44. The average molecular weight is 269 g/mol. The van der Waals surface area contributed by atoms with Crippen molar-refractivity contribution in [2.45, 2.75) is 77.7 Å². The minimum Gasteiger partial charge on any atom is -0.463 e. The first kappa shape index (κ1) is 16.0. The van der Waals surface area contributed by atoms with Crippen molar-refractivity contribution in [3.8, 4) is 0 Å². The van der Waals surface area contributed by atoms with Crippen LogP contribution in [-0.4, -0.2) is 23.9 Å². The Morgan fingerprint density at radius 1 is 1.26 bits per heavy atom. The Hall–Kier alpha value is -1.06. The lowest BCUT2D eigenvalue weighted by Gasteiger charge is -2.24. The summed E-state index contributed by atoms with van der Waals surface area (Å²) in [6, 6.07) is 0. The summed E-state index contributed by atoms with van der Waals surface area (Å²) < 4.78 is 5.14. The van der Waals surface area contributed by atoms with E-state index in [1.807, 2.05) is 13.8 Å². The number of carbonyl (C=O) groups is 1. The van der Waals surface area contributed by atoms with E-state index < -0.39 is 5.60 Å². The molecule has 0 N–H and O–H groups in total. The standard InChI is InChI=1S/C15H27NO3/c1-4-6-7-8-9-10-11-15(14(17)18-5-2)12-13(3)16-19-15/h4-12H2,1-3H3. The van der Waals surface area contributed by atoms with Gasteiger partial charge in [0.1, 0.15) is 0 Å². The normalized spacial score (nSPS) is 21.9. The molecule has 19 heavy (non-hydrogen) atoms. The van der Waals surface area contributed by atoms with Crippen LogP contribution in [0.15, 0.2) is 5.16 Å². The van der Waals surface area contributed by atoms with Gasteiger partial charge in [-0.05, 0) is 20.3 Å². The smallest absolute Gasteiger partial charge is 0.353 e.